The summed E-state index contributed by atoms with van der Waals surface area (Å²) in [5.41, 5.74) is 2.07. The molecule has 2 fully saturated rings. The highest BCUT2D eigenvalue weighted by molar-refractivity contribution is 7.12. The molecule has 0 spiro atoms. The van der Waals surface area contributed by atoms with Crippen molar-refractivity contribution in [1.82, 2.24) is 9.80 Å². The summed E-state index contributed by atoms with van der Waals surface area (Å²) in [4.78, 5) is 29.5. The molecule has 0 bridgehead atoms. The molecule has 136 valence electrons. The number of amides is 2. The van der Waals surface area contributed by atoms with Crippen LogP contribution < -0.4 is 0 Å². The van der Waals surface area contributed by atoms with Gasteiger partial charge in [0.1, 0.15) is 6.10 Å². The fourth-order valence-corrected chi connectivity index (χ4v) is 4.63. The van der Waals surface area contributed by atoms with E-state index in [1.165, 1.54) is 11.3 Å². The minimum absolute atomic E-state index is 0.113. The number of hydrogen-bond donors (Lipinski definition) is 0. The number of ether oxygens (including phenoxy) is 1. The highest BCUT2D eigenvalue weighted by Gasteiger charge is 2.38. The normalized spacial score (nSPS) is 21.1. The van der Waals surface area contributed by atoms with Gasteiger partial charge in [-0.15, -0.1) is 11.3 Å². The maximum Gasteiger partial charge on any atom is 0.410 e. The van der Waals surface area contributed by atoms with Crippen molar-refractivity contribution in [2.45, 2.75) is 31.9 Å². The second-order valence-corrected chi connectivity index (χ2v) is 7.81. The van der Waals surface area contributed by atoms with Gasteiger partial charge in [-0.25, -0.2) is 4.79 Å². The van der Waals surface area contributed by atoms with E-state index in [1.54, 1.807) is 0 Å². The molecule has 0 radical (unpaired) electrons. The Hall–Kier alpha value is -2.34. The van der Waals surface area contributed by atoms with Crippen LogP contribution in [0.15, 0.2) is 41.8 Å². The van der Waals surface area contributed by atoms with E-state index in [0.717, 1.165) is 28.8 Å². The van der Waals surface area contributed by atoms with E-state index in [-0.39, 0.29) is 24.1 Å². The van der Waals surface area contributed by atoms with Crippen LogP contribution in [0.1, 0.15) is 39.7 Å². The summed E-state index contributed by atoms with van der Waals surface area (Å²) in [7, 11) is 0. The molecule has 2 aliphatic rings. The van der Waals surface area contributed by atoms with Gasteiger partial charge in [0.25, 0.3) is 5.91 Å². The Labute approximate surface area is 157 Å². The third-order valence-corrected chi connectivity index (χ3v) is 6.26. The lowest BCUT2D eigenvalue weighted by molar-refractivity contribution is 0.0662. The standard InChI is InChI=1S/C20H22N2O3S/c1-14-9-12-26-18(14)19(23)21-10-7-16(8-11-21)22-13-17(25-20(22)24)15-5-3-2-4-6-15/h2-6,9,12,16-17H,7-8,10-11,13H2,1H3. The van der Waals surface area contributed by atoms with Crippen LogP contribution >= 0.6 is 11.3 Å². The first-order valence-electron chi connectivity index (χ1n) is 8.99. The van der Waals surface area contributed by atoms with E-state index in [0.29, 0.717) is 19.6 Å². The molecule has 4 rings (SSSR count). The summed E-state index contributed by atoms with van der Waals surface area (Å²) in [6.45, 7) is 3.92. The van der Waals surface area contributed by atoms with Gasteiger partial charge in [0, 0.05) is 19.1 Å². The fraction of sp³-hybridized carbons (Fsp3) is 0.400. The van der Waals surface area contributed by atoms with Gasteiger partial charge in [-0.3, -0.25) is 4.79 Å². The quantitative estimate of drug-likeness (QED) is 0.824. The molecule has 1 atom stereocenters. The zero-order chi connectivity index (χ0) is 18.1. The van der Waals surface area contributed by atoms with Crippen molar-refractivity contribution in [2.24, 2.45) is 0 Å². The van der Waals surface area contributed by atoms with Crippen LogP contribution in [-0.2, 0) is 4.74 Å². The zero-order valence-corrected chi connectivity index (χ0v) is 15.6. The first-order chi connectivity index (χ1) is 12.6. The summed E-state index contributed by atoms with van der Waals surface area (Å²) >= 11 is 1.50. The number of aryl methyl sites for hydroxylation is 1. The number of thiophene rings is 1. The molecule has 5 nitrogen and oxygen atoms in total. The molecule has 0 saturated carbocycles. The maximum atomic E-state index is 12.6. The Morgan fingerprint density at radius 1 is 1.15 bits per heavy atom. The Morgan fingerprint density at radius 2 is 1.88 bits per heavy atom. The lowest BCUT2D eigenvalue weighted by atomic mass is 10.0. The number of rotatable bonds is 3. The number of nitrogens with zero attached hydrogens (tertiary/aromatic N) is 2. The van der Waals surface area contributed by atoms with Crippen LogP contribution in [0.2, 0.25) is 0 Å². The van der Waals surface area contributed by atoms with Crippen molar-refractivity contribution >= 4 is 23.3 Å². The fourth-order valence-electron chi connectivity index (χ4n) is 3.74. The second kappa shape index (κ2) is 7.11. The van der Waals surface area contributed by atoms with Crippen LogP contribution in [0.25, 0.3) is 0 Å². The predicted molar refractivity (Wildman–Crippen MR) is 100 cm³/mol. The summed E-state index contributed by atoms with van der Waals surface area (Å²) in [6.07, 6.45) is 1.16. The molecule has 6 heteroatoms. The average Bonchev–Trinajstić information content (AvgIpc) is 3.28. The number of cyclic esters (lactones) is 1. The van der Waals surface area contributed by atoms with Crippen LogP contribution in [0, 0.1) is 6.92 Å². The Kier molecular flexibility index (Phi) is 4.68. The van der Waals surface area contributed by atoms with Gasteiger partial charge in [-0.1, -0.05) is 30.3 Å². The van der Waals surface area contributed by atoms with Crippen LogP contribution in [0.3, 0.4) is 0 Å². The summed E-state index contributed by atoms with van der Waals surface area (Å²) in [5.74, 6) is 0.113. The van der Waals surface area contributed by atoms with E-state index in [4.69, 9.17) is 4.74 Å². The van der Waals surface area contributed by atoms with Gasteiger partial charge >= 0.3 is 6.09 Å². The van der Waals surface area contributed by atoms with Gasteiger partial charge < -0.3 is 14.5 Å². The molecule has 2 saturated heterocycles. The van der Waals surface area contributed by atoms with E-state index in [2.05, 4.69) is 0 Å². The third kappa shape index (κ3) is 3.21. The highest BCUT2D eigenvalue weighted by Crippen LogP contribution is 2.30. The first kappa shape index (κ1) is 17.1. The molecule has 2 aromatic rings. The summed E-state index contributed by atoms with van der Waals surface area (Å²) in [6, 6.07) is 12.0. The highest BCUT2D eigenvalue weighted by atomic mass is 32.1. The molecule has 3 heterocycles. The lowest BCUT2D eigenvalue weighted by Crippen LogP contribution is -2.47. The van der Waals surface area contributed by atoms with Crippen molar-refractivity contribution in [1.29, 1.82) is 0 Å². The number of benzene rings is 1. The monoisotopic (exact) mass is 370 g/mol. The molecular formula is C20H22N2O3S. The molecule has 0 N–H and O–H groups in total. The van der Waals surface area contributed by atoms with E-state index in [1.807, 2.05) is 58.5 Å². The van der Waals surface area contributed by atoms with Crippen molar-refractivity contribution < 1.29 is 14.3 Å². The molecule has 26 heavy (non-hydrogen) atoms. The molecule has 0 aliphatic carbocycles. The van der Waals surface area contributed by atoms with Crippen molar-refractivity contribution in [2.75, 3.05) is 19.6 Å². The first-order valence-corrected chi connectivity index (χ1v) is 9.87. The Morgan fingerprint density at radius 3 is 2.54 bits per heavy atom. The van der Waals surface area contributed by atoms with Gasteiger partial charge in [-0.05, 0) is 42.3 Å². The molecular weight excluding hydrogens is 348 g/mol. The molecule has 1 aromatic carbocycles. The van der Waals surface area contributed by atoms with Gasteiger partial charge in [0.2, 0.25) is 0 Å². The maximum absolute atomic E-state index is 12.6. The van der Waals surface area contributed by atoms with E-state index in [9.17, 15) is 9.59 Å². The van der Waals surface area contributed by atoms with Crippen LogP contribution in [0.5, 0.6) is 0 Å². The predicted octanol–water partition coefficient (Wildman–Crippen LogP) is 3.85. The summed E-state index contributed by atoms with van der Waals surface area (Å²) < 4.78 is 5.57. The minimum atomic E-state index is -0.238. The van der Waals surface area contributed by atoms with Crippen molar-refractivity contribution in [3.8, 4) is 0 Å². The van der Waals surface area contributed by atoms with E-state index >= 15 is 0 Å². The Balaban J connectivity index is 1.37. The number of piperidine rings is 1. The summed E-state index contributed by atoms with van der Waals surface area (Å²) in [5, 5.41) is 1.96. The Bertz CT molecular complexity index is 796. The van der Waals surface area contributed by atoms with Crippen molar-refractivity contribution in [3.63, 3.8) is 0 Å². The zero-order valence-electron chi connectivity index (χ0n) is 14.8. The number of carbonyl (C=O) groups is 2. The average molecular weight is 370 g/mol. The third-order valence-electron chi connectivity index (χ3n) is 5.26. The topological polar surface area (TPSA) is 49.9 Å². The van der Waals surface area contributed by atoms with Crippen molar-refractivity contribution in [3.05, 3.63) is 57.8 Å². The van der Waals surface area contributed by atoms with E-state index < -0.39 is 0 Å². The molecule has 2 amide bonds. The largest absolute Gasteiger partial charge is 0.439 e. The molecule has 1 unspecified atom stereocenters. The van der Waals surface area contributed by atoms with Gasteiger partial charge in [0.05, 0.1) is 11.4 Å². The number of carbonyl (C=O) groups excluding carboxylic acids is 2. The van der Waals surface area contributed by atoms with Gasteiger partial charge in [0.15, 0.2) is 0 Å². The lowest BCUT2D eigenvalue weighted by Gasteiger charge is -2.35. The van der Waals surface area contributed by atoms with Crippen LogP contribution in [-0.4, -0.2) is 47.5 Å². The van der Waals surface area contributed by atoms with Crippen LogP contribution in [0.4, 0.5) is 4.79 Å². The molecule has 2 aliphatic heterocycles. The smallest absolute Gasteiger partial charge is 0.410 e. The second-order valence-electron chi connectivity index (χ2n) is 6.89. The number of likely N-dealkylation sites (tertiary alicyclic amines) is 1. The number of hydrogen-bond acceptors (Lipinski definition) is 4. The molecule has 1 aromatic heterocycles. The van der Waals surface area contributed by atoms with Gasteiger partial charge in [-0.2, -0.15) is 0 Å². The SMILES string of the molecule is Cc1ccsc1C(=O)N1CCC(N2CC(c3ccccc3)OC2=O)CC1. The minimum Gasteiger partial charge on any atom is -0.439 e.